The van der Waals surface area contributed by atoms with Crippen molar-refractivity contribution in [2.45, 2.75) is 24.9 Å². The maximum atomic E-state index is 13.2. The molecule has 2 rings (SSSR count). The minimum Gasteiger partial charge on any atom is -0.388 e. The maximum absolute atomic E-state index is 13.2. The zero-order valence-corrected chi connectivity index (χ0v) is 13.9. The van der Waals surface area contributed by atoms with Gasteiger partial charge >= 0.3 is 0 Å². The third-order valence-electron chi connectivity index (χ3n) is 3.96. The molecular weight excluding hydrogens is 309 g/mol. The summed E-state index contributed by atoms with van der Waals surface area (Å²) in [5, 5.41) is 16.8. The number of nitrogens with one attached hydrogen (secondary N) is 2. The van der Waals surface area contributed by atoms with Crippen LogP contribution in [0.3, 0.4) is 0 Å². The molecule has 0 saturated carbocycles. The molecule has 1 aromatic carbocycles. The van der Waals surface area contributed by atoms with E-state index in [0.29, 0.717) is 58.1 Å². The van der Waals surface area contributed by atoms with Gasteiger partial charge in [-0.25, -0.2) is 4.39 Å². The van der Waals surface area contributed by atoms with Gasteiger partial charge in [0.15, 0.2) is 5.96 Å². The van der Waals surface area contributed by atoms with E-state index in [1.165, 1.54) is 12.1 Å². The molecule has 3 N–H and O–H groups in total. The molecule has 1 aromatic rings. The van der Waals surface area contributed by atoms with Crippen LogP contribution in [0, 0.1) is 5.82 Å². The van der Waals surface area contributed by atoms with Crippen molar-refractivity contribution in [3.05, 3.63) is 48.3 Å². The summed E-state index contributed by atoms with van der Waals surface area (Å²) in [7, 11) is 0. The Morgan fingerprint density at radius 1 is 1.38 bits per heavy atom. The number of aliphatic hydroxyl groups is 1. The lowest BCUT2D eigenvalue weighted by Crippen LogP contribution is -2.43. The number of halogens is 1. The molecule has 0 aromatic heterocycles. The number of aliphatic imine (C=N–C) groups is 1. The average molecular weight is 335 g/mol. The third-order valence-corrected chi connectivity index (χ3v) is 3.96. The number of hydrogen-bond acceptors (Lipinski definition) is 3. The summed E-state index contributed by atoms with van der Waals surface area (Å²) >= 11 is 0. The Bertz CT molecular complexity index is 557. The number of rotatable bonds is 7. The standard InChI is InChI=1S/C18H26FN3O2/c1-2-9-20-17(22-14-18(23)7-11-24-12-8-18)21-10-6-15-4-3-5-16(19)13-15/h2-5,13,23H,1,6-12,14H2,(H2,20,21,22). The Balaban J connectivity index is 1.87. The summed E-state index contributed by atoms with van der Waals surface area (Å²) < 4.78 is 18.5. The van der Waals surface area contributed by atoms with Gasteiger partial charge in [-0.3, -0.25) is 4.99 Å². The van der Waals surface area contributed by atoms with Crippen molar-refractivity contribution in [2.75, 3.05) is 32.8 Å². The van der Waals surface area contributed by atoms with E-state index in [2.05, 4.69) is 22.2 Å². The van der Waals surface area contributed by atoms with Crippen LogP contribution in [-0.2, 0) is 11.2 Å². The predicted molar refractivity (Wildman–Crippen MR) is 93.6 cm³/mol. The zero-order chi connectivity index (χ0) is 17.3. The zero-order valence-electron chi connectivity index (χ0n) is 13.9. The van der Waals surface area contributed by atoms with Gasteiger partial charge in [0.05, 0.1) is 12.1 Å². The van der Waals surface area contributed by atoms with Crippen molar-refractivity contribution in [2.24, 2.45) is 4.99 Å². The third kappa shape index (κ3) is 6.29. The number of guanidine groups is 1. The van der Waals surface area contributed by atoms with Crippen LogP contribution < -0.4 is 10.6 Å². The summed E-state index contributed by atoms with van der Waals surface area (Å²) in [5.74, 6) is 0.388. The molecule has 0 unspecified atom stereocenters. The quantitative estimate of drug-likeness (QED) is 0.403. The SMILES string of the molecule is C=CCNC(=NCC1(O)CCOCC1)NCCc1cccc(F)c1. The van der Waals surface area contributed by atoms with Crippen molar-refractivity contribution in [1.29, 1.82) is 0 Å². The molecule has 0 atom stereocenters. The van der Waals surface area contributed by atoms with Crippen LogP contribution in [0.4, 0.5) is 4.39 Å². The first kappa shape index (κ1) is 18.4. The van der Waals surface area contributed by atoms with Crippen molar-refractivity contribution in [3.63, 3.8) is 0 Å². The molecule has 24 heavy (non-hydrogen) atoms. The van der Waals surface area contributed by atoms with Crippen molar-refractivity contribution >= 4 is 5.96 Å². The van der Waals surface area contributed by atoms with Crippen LogP contribution in [0.15, 0.2) is 41.9 Å². The van der Waals surface area contributed by atoms with Crippen LogP contribution in [0.25, 0.3) is 0 Å². The largest absolute Gasteiger partial charge is 0.388 e. The first-order valence-electron chi connectivity index (χ1n) is 8.29. The summed E-state index contributed by atoms with van der Waals surface area (Å²) in [4.78, 5) is 4.47. The highest BCUT2D eigenvalue weighted by atomic mass is 19.1. The topological polar surface area (TPSA) is 65.9 Å². The second-order valence-electron chi connectivity index (χ2n) is 5.98. The van der Waals surface area contributed by atoms with E-state index in [4.69, 9.17) is 4.74 Å². The van der Waals surface area contributed by atoms with Gasteiger partial charge in [-0.2, -0.15) is 0 Å². The molecule has 5 nitrogen and oxygen atoms in total. The number of ether oxygens (including phenoxy) is 1. The molecule has 1 aliphatic rings. The van der Waals surface area contributed by atoms with Gasteiger partial charge < -0.3 is 20.5 Å². The molecule has 0 radical (unpaired) electrons. The first-order valence-corrected chi connectivity index (χ1v) is 8.29. The molecule has 0 spiro atoms. The second kappa shape index (κ2) is 9.39. The average Bonchev–Trinajstić information content (AvgIpc) is 2.57. The van der Waals surface area contributed by atoms with Gasteiger partial charge in [-0.1, -0.05) is 18.2 Å². The van der Waals surface area contributed by atoms with E-state index in [0.717, 1.165) is 5.56 Å². The highest BCUT2D eigenvalue weighted by Gasteiger charge is 2.29. The predicted octanol–water partition coefficient (Wildman–Crippen LogP) is 1.63. The first-order chi connectivity index (χ1) is 11.6. The monoisotopic (exact) mass is 335 g/mol. The number of benzene rings is 1. The molecule has 1 heterocycles. The van der Waals surface area contributed by atoms with Crippen molar-refractivity contribution < 1.29 is 14.2 Å². The Kier molecular flexibility index (Phi) is 7.21. The van der Waals surface area contributed by atoms with E-state index in [1.807, 2.05) is 6.07 Å². The van der Waals surface area contributed by atoms with E-state index in [9.17, 15) is 9.50 Å². The fourth-order valence-electron chi connectivity index (χ4n) is 2.50. The second-order valence-corrected chi connectivity index (χ2v) is 5.98. The lowest BCUT2D eigenvalue weighted by atomic mass is 9.95. The lowest BCUT2D eigenvalue weighted by Gasteiger charge is -2.30. The molecule has 6 heteroatoms. The molecule has 132 valence electrons. The van der Waals surface area contributed by atoms with Gasteiger partial charge in [-0.15, -0.1) is 6.58 Å². The molecule has 0 amide bonds. The van der Waals surface area contributed by atoms with E-state index >= 15 is 0 Å². The van der Waals surface area contributed by atoms with E-state index in [-0.39, 0.29) is 5.82 Å². The smallest absolute Gasteiger partial charge is 0.191 e. The normalized spacial score (nSPS) is 17.3. The summed E-state index contributed by atoms with van der Waals surface area (Å²) in [6, 6.07) is 6.56. The van der Waals surface area contributed by atoms with Crippen LogP contribution >= 0.6 is 0 Å². The Labute approximate surface area is 142 Å². The fraction of sp³-hybridized carbons (Fsp3) is 0.500. The number of hydrogen-bond donors (Lipinski definition) is 3. The summed E-state index contributed by atoms with van der Waals surface area (Å²) in [6.45, 7) is 6.33. The summed E-state index contributed by atoms with van der Waals surface area (Å²) in [5.41, 5.74) is 0.123. The van der Waals surface area contributed by atoms with Gasteiger partial charge in [-0.05, 0) is 24.1 Å². The molecule has 1 aliphatic heterocycles. The Hall–Kier alpha value is -1.92. The van der Waals surface area contributed by atoms with Gasteiger partial charge in [0.2, 0.25) is 0 Å². The maximum Gasteiger partial charge on any atom is 0.191 e. The van der Waals surface area contributed by atoms with Crippen LogP contribution in [0.5, 0.6) is 0 Å². The fourth-order valence-corrected chi connectivity index (χ4v) is 2.50. The Morgan fingerprint density at radius 2 is 2.17 bits per heavy atom. The van der Waals surface area contributed by atoms with Crippen LogP contribution in [0.1, 0.15) is 18.4 Å². The molecule has 0 aliphatic carbocycles. The van der Waals surface area contributed by atoms with E-state index in [1.54, 1.807) is 12.1 Å². The minimum atomic E-state index is -0.802. The molecule has 1 fully saturated rings. The van der Waals surface area contributed by atoms with Gasteiger partial charge in [0.25, 0.3) is 0 Å². The number of nitrogens with zero attached hydrogens (tertiary/aromatic N) is 1. The van der Waals surface area contributed by atoms with Crippen LogP contribution in [0.2, 0.25) is 0 Å². The van der Waals surface area contributed by atoms with Crippen LogP contribution in [-0.4, -0.2) is 49.5 Å². The minimum absolute atomic E-state index is 0.229. The highest BCUT2D eigenvalue weighted by Crippen LogP contribution is 2.20. The van der Waals surface area contributed by atoms with Crippen molar-refractivity contribution in [1.82, 2.24) is 10.6 Å². The van der Waals surface area contributed by atoms with Gasteiger partial charge in [0.1, 0.15) is 5.82 Å². The van der Waals surface area contributed by atoms with Gasteiger partial charge in [0, 0.05) is 39.1 Å². The Morgan fingerprint density at radius 3 is 2.88 bits per heavy atom. The molecule has 1 saturated heterocycles. The lowest BCUT2D eigenvalue weighted by molar-refractivity contribution is -0.0565. The summed E-state index contributed by atoms with van der Waals surface area (Å²) in [6.07, 6.45) is 3.61. The highest BCUT2D eigenvalue weighted by molar-refractivity contribution is 5.80. The molecule has 0 bridgehead atoms. The van der Waals surface area contributed by atoms with Crippen molar-refractivity contribution in [3.8, 4) is 0 Å². The molecular formula is C18H26FN3O2. The van der Waals surface area contributed by atoms with E-state index < -0.39 is 5.60 Å².